The molecule has 0 aliphatic rings. The first-order valence-corrected chi connectivity index (χ1v) is 9.96. The fourth-order valence-electron chi connectivity index (χ4n) is 1.77. The second-order valence-electron chi connectivity index (χ2n) is 5.25. The van der Waals surface area contributed by atoms with Gasteiger partial charge < -0.3 is 4.74 Å². The Morgan fingerprint density at radius 3 is 2.15 bits per heavy atom. The molecule has 1 atom stereocenters. The first-order chi connectivity index (χ1) is 11.9. The summed E-state index contributed by atoms with van der Waals surface area (Å²) in [7, 11) is -5.50. The second kappa shape index (κ2) is 11.6. The standard InChI is InChI=1S/C12H14BrF3O3S.C4H8O2/c1-9(19-20(17,18)12(14,15)16)3-2-4-10-5-7-11(13)8-6-10;1-3-6-4(2)5/h5-9H,2-4H2,1H3;3H2,1-2H3. The molecule has 0 aliphatic carbocycles. The summed E-state index contributed by atoms with van der Waals surface area (Å²) in [6.07, 6.45) is 0.409. The molecule has 0 heterocycles. The molecule has 1 unspecified atom stereocenters. The van der Waals surface area contributed by atoms with Crippen LogP contribution in [0.25, 0.3) is 0 Å². The largest absolute Gasteiger partial charge is 0.523 e. The van der Waals surface area contributed by atoms with Crippen molar-refractivity contribution in [3.63, 3.8) is 0 Å². The quantitative estimate of drug-likeness (QED) is 0.336. The molecular formula is C16H22BrF3O5S. The minimum atomic E-state index is -5.50. The van der Waals surface area contributed by atoms with Gasteiger partial charge in [0.15, 0.2) is 0 Å². The van der Waals surface area contributed by atoms with Crippen LogP contribution in [0.5, 0.6) is 0 Å². The molecule has 0 fully saturated rings. The molecule has 150 valence electrons. The highest BCUT2D eigenvalue weighted by Gasteiger charge is 2.48. The molecule has 5 nitrogen and oxygen atoms in total. The van der Waals surface area contributed by atoms with Gasteiger partial charge >= 0.3 is 21.6 Å². The van der Waals surface area contributed by atoms with Crippen LogP contribution >= 0.6 is 15.9 Å². The normalized spacial score (nSPS) is 12.7. The van der Waals surface area contributed by atoms with E-state index in [4.69, 9.17) is 0 Å². The summed E-state index contributed by atoms with van der Waals surface area (Å²) in [6, 6.07) is 7.51. The lowest BCUT2D eigenvalue weighted by molar-refractivity contribution is -0.140. The molecule has 0 bridgehead atoms. The number of halogens is 4. The van der Waals surface area contributed by atoms with Crippen molar-refractivity contribution >= 4 is 32.0 Å². The van der Waals surface area contributed by atoms with E-state index in [0.29, 0.717) is 19.4 Å². The van der Waals surface area contributed by atoms with Crippen molar-refractivity contribution in [3.05, 3.63) is 34.3 Å². The van der Waals surface area contributed by atoms with Gasteiger partial charge in [-0.15, -0.1) is 0 Å². The molecule has 10 heteroatoms. The van der Waals surface area contributed by atoms with Crippen LogP contribution in [0, 0.1) is 0 Å². The Balaban J connectivity index is 0.000000896. The highest BCUT2D eigenvalue weighted by atomic mass is 79.9. The van der Waals surface area contributed by atoms with Gasteiger partial charge in [0.2, 0.25) is 0 Å². The van der Waals surface area contributed by atoms with E-state index in [9.17, 15) is 26.4 Å². The summed E-state index contributed by atoms with van der Waals surface area (Å²) < 4.78 is 67.3. The zero-order valence-corrected chi connectivity index (χ0v) is 17.1. The molecule has 0 saturated heterocycles. The van der Waals surface area contributed by atoms with Gasteiger partial charge in [-0.05, 0) is 50.8 Å². The summed E-state index contributed by atoms with van der Waals surface area (Å²) in [5, 5.41) is 0. The number of hydrogen-bond acceptors (Lipinski definition) is 5. The Morgan fingerprint density at radius 2 is 1.77 bits per heavy atom. The Kier molecular flexibility index (Phi) is 11.1. The maximum Gasteiger partial charge on any atom is 0.523 e. The first-order valence-electron chi connectivity index (χ1n) is 7.76. The number of esters is 1. The first kappa shape index (κ1) is 24.9. The number of ether oxygens (including phenoxy) is 1. The maximum absolute atomic E-state index is 12.1. The topological polar surface area (TPSA) is 69.7 Å². The predicted molar refractivity (Wildman–Crippen MR) is 94.9 cm³/mol. The van der Waals surface area contributed by atoms with Gasteiger partial charge in [0.1, 0.15) is 0 Å². The third-order valence-corrected chi connectivity index (χ3v) is 4.59. The molecule has 1 aromatic rings. The van der Waals surface area contributed by atoms with Gasteiger partial charge in [0, 0.05) is 11.4 Å². The highest BCUT2D eigenvalue weighted by Crippen LogP contribution is 2.26. The molecule has 1 rings (SSSR count). The van der Waals surface area contributed by atoms with Crippen LogP contribution in [0.15, 0.2) is 28.7 Å². The van der Waals surface area contributed by atoms with E-state index in [0.717, 1.165) is 10.0 Å². The van der Waals surface area contributed by atoms with Crippen molar-refractivity contribution in [3.8, 4) is 0 Å². The van der Waals surface area contributed by atoms with Gasteiger partial charge in [-0.25, -0.2) is 0 Å². The molecule has 26 heavy (non-hydrogen) atoms. The molecule has 1 aromatic carbocycles. The van der Waals surface area contributed by atoms with Crippen molar-refractivity contribution in [2.45, 2.75) is 51.6 Å². The van der Waals surface area contributed by atoms with E-state index in [1.54, 1.807) is 6.92 Å². The van der Waals surface area contributed by atoms with Gasteiger partial charge in [0.05, 0.1) is 12.7 Å². The zero-order valence-electron chi connectivity index (χ0n) is 14.7. The SMILES string of the molecule is CC(CCCc1ccc(Br)cc1)OS(=O)(=O)C(F)(F)F.CCOC(C)=O. The summed E-state index contributed by atoms with van der Waals surface area (Å²) in [5.74, 6) is -0.211. The second-order valence-corrected chi connectivity index (χ2v) is 7.73. The van der Waals surface area contributed by atoms with E-state index in [1.807, 2.05) is 24.3 Å². The molecule has 0 aliphatic heterocycles. The fourth-order valence-corrected chi connectivity index (χ4v) is 2.67. The predicted octanol–water partition coefficient (Wildman–Crippen LogP) is 4.60. The number of aryl methyl sites for hydroxylation is 1. The number of alkyl halides is 3. The molecule has 0 amide bonds. The molecule has 0 radical (unpaired) electrons. The summed E-state index contributed by atoms with van der Waals surface area (Å²) in [4.78, 5) is 9.82. The lowest BCUT2D eigenvalue weighted by Gasteiger charge is -2.14. The maximum atomic E-state index is 12.1. The average Bonchev–Trinajstić information content (AvgIpc) is 2.48. The van der Waals surface area contributed by atoms with Gasteiger partial charge in [0.25, 0.3) is 0 Å². The number of hydrogen-bond donors (Lipinski definition) is 0. The Bertz CT molecular complexity index is 645. The van der Waals surface area contributed by atoms with Crippen molar-refractivity contribution in [1.29, 1.82) is 0 Å². The van der Waals surface area contributed by atoms with E-state index in [1.165, 1.54) is 13.8 Å². The molecule has 0 N–H and O–H groups in total. The summed E-state index contributed by atoms with van der Waals surface area (Å²) in [5.41, 5.74) is -4.34. The number of benzene rings is 1. The van der Waals surface area contributed by atoms with Crippen LogP contribution in [0.1, 0.15) is 39.2 Å². The van der Waals surface area contributed by atoms with Crippen LogP contribution in [-0.2, 0) is 30.3 Å². The Morgan fingerprint density at radius 1 is 1.23 bits per heavy atom. The molecular weight excluding hydrogens is 441 g/mol. The van der Waals surface area contributed by atoms with E-state index in [-0.39, 0.29) is 12.4 Å². The minimum absolute atomic E-state index is 0.211. The third kappa shape index (κ3) is 10.8. The van der Waals surface area contributed by atoms with Crippen LogP contribution in [0.4, 0.5) is 13.2 Å². The van der Waals surface area contributed by atoms with Crippen LogP contribution in [0.2, 0.25) is 0 Å². The fraction of sp³-hybridized carbons (Fsp3) is 0.562. The van der Waals surface area contributed by atoms with E-state index >= 15 is 0 Å². The lowest BCUT2D eigenvalue weighted by atomic mass is 10.1. The Labute approximate surface area is 160 Å². The van der Waals surface area contributed by atoms with Crippen LogP contribution < -0.4 is 0 Å². The van der Waals surface area contributed by atoms with Gasteiger partial charge in [-0.2, -0.15) is 21.6 Å². The Hall–Kier alpha value is -1.13. The average molecular weight is 463 g/mol. The van der Waals surface area contributed by atoms with E-state index in [2.05, 4.69) is 24.8 Å². The van der Waals surface area contributed by atoms with Crippen LogP contribution in [-0.4, -0.2) is 32.6 Å². The van der Waals surface area contributed by atoms with Gasteiger partial charge in [-0.3, -0.25) is 8.98 Å². The lowest BCUT2D eigenvalue weighted by Crippen LogP contribution is -2.29. The van der Waals surface area contributed by atoms with Crippen molar-refractivity contribution in [2.75, 3.05) is 6.61 Å². The van der Waals surface area contributed by atoms with Gasteiger partial charge in [-0.1, -0.05) is 28.1 Å². The number of carbonyl (C=O) groups excluding carboxylic acids is 1. The van der Waals surface area contributed by atoms with Crippen molar-refractivity contribution in [1.82, 2.24) is 0 Å². The molecule has 0 aromatic heterocycles. The third-order valence-electron chi connectivity index (χ3n) is 2.91. The van der Waals surface area contributed by atoms with Crippen molar-refractivity contribution in [2.24, 2.45) is 0 Å². The number of rotatable bonds is 7. The molecule has 0 saturated carbocycles. The van der Waals surface area contributed by atoms with Crippen LogP contribution in [0.3, 0.4) is 0 Å². The van der Waals surface area contributed by atoms with E-state index < -0.39 is 21.7 Å². The molecule has 0 spiro atoms. The summed E-state index contributed by atoms with van der Waals surface area (Å²) in [6.45, 7) is 4.96. The monoisotopic (exact) mass is 462 g/mol. The zero-order chi connectivity index (χ0) is 20.4. The number of carbonyl (C=O) groups is 1. The minimum Gasteiger partial charge on any atom is -0.466 e. The smallest absolute Gasteiger partial charge is 0.466 e. The van der Waals surface area contributed by atoms with Crippen molar-refractivity contribution < 1.29 is 35.3 Å². The summed E-state index contributed by atoms with van der Waals surface area (Å²) >= 11 is 3.30. The highest BCUT2D eigenvalue weighted by molar-refractivity contribution is 9.10.